The standard InChI is InChI=1S/C23H36N4O7S/c1-3-4-10-26(11-8-24)21(28)14-27-13-17(16-5-6-19-20(12-16)34-15-33-19)22(23(29)30)18(27)7-9-25-35(2,31)32/h5-6,12,17-18,22,25H,3-4,7-11,13-15,24H2,1-2H3,(H,29,30)/t17-,18+,22-/m1/s1. The topological polar surface area (TPSA) is 152 Å². The molecule has 2 heterocycles. The van der Waals surface area contributed by atoms with Gasteiger partial charge in [-0.25, -0.2) is 13.1 Å². The number of carboxylic acid groups (broad SMARTS) is 1. The summed E-state index contributed by atoms with van der Waals surface area (Å²) >= 11 is 0. The van der Waals surface area contributed by atoms with Gasteiger partial charge in [0.25, 0.3) is 0 Å². The lowest BCUT2D eigenvalue weighted by Gasteiger charge is -2.29. The van der Waals surface area contributed by atoms with E-state index in [1.807, 2.05) is 17.9 Å². The summed E-state index contributed by atoms with van der Waals surface area (Å²) in [4.78, 5) is 29.2. The van der Waals surface area contributed by atoms with E-state index in [0.29, 0.717) is 37.7 Å². The molecule has 196 valence electrons. The van der Waals surface area contributed by atoms with Crippen LogP contribution in [0.1, 0.15) is 37.7 Å². The first-order valence-electron chi connectivity index (χ1n) is 11.9. The number of carbonyl (C=O) groups is 2. The van der Waals surface area contributed by atoms with Crippen LogP contribution in [0.15, 0.2) is 18.2 Å². The second-order valence-electron chi connectivity index (χ2n) is 9.06. The van der Waals surface area contributed by atoms with Gasteiger partial charge in [0.2, 0.25) is 22.7 Å². The zero-order valence-electron chi connectivity index (χ0n) is 20.3. The highest BCUT2D eigenvalue weighted by atomic mass is 32.2. The van der Waals surface area contributed by atoms with Crippen LogP contribution in [0.3, 0.4) is 0 Å². The molecule has 4 N–H and O–H groups in total. The number of carboxylic acids is 1. The third-order valence-corrected chi connectivity index (χ3v) is 7.26. The lowest BCUT2D eigenvalue weighted by atomic mass is 9.84. The molecule has 0 aromatic heterocycles. The zero-order valence-corrected chi connectivity index (χ0v) is 21.1. The van der Waals surface area contributed by atoms with Crippen LogP contribution in [-0.2, 0) is 19.6 Å². The first-order chi connectivity index (χ1) is 16.6. The van der Waals surface area contributed by atoms with Crippen molar-refractivity contribution in [2.24, 2.45) is 11.7 Å². The SMILES string of the molecule is CCCCN(CCN)C(=O)CN1C[C@H](c2ccc3c(c2)OCO3)[C@@H](C(=O)O)[C@@H]1CCNS(C)(=O)=O. The minimum atomic E-state index is -3.43. The van der Waals surface area contributed by atoms with Crippen LogP contribution in [0.4, 0.5) is 0 Å². The Hall–Kier alpha value is -2.41. The first kappa shape index (κ1) is 27.2. The highest BCUT2D eigenvalue weighted by Gasteiger charge is 2.47. The Morgan fingerprint density at radius 2 is 2.00 bits per heavy atom. The fraction of sp³-hybridized carbons (Fsp3) is 0.652. The fourth-order valence-corrected chi connectivity index (χ4v) is 5.35. The Morgan fingerprint density at radius 3 is 2.66 bits per heavy atom. The second kappa shape index (κ2) is 12.0. The molecule has 35 heavy (non-hydrogen) atoms. The fourth-order valence-electron chi connectivity index (χ4n) is 4.87. The highest BCUT2D eigenvalue weighted by molar-refractivity contribution is 7.88. The smallest absolute Gasteiger partial charge is 0.308 e. The first-order valence-corrected chi connectivity index (χ1v) is 13.8. The average Bonchev–Trinajstić information content (AvgIpc) is 3.40. The maximum atomic E-state index is 13.2. The molecule has 3 rings (SSSR count). The molecule has 1 fully saturated rings. The summed E-state index contributed by atoms with van der Waals surface area (Å²) in [6.45, 7) is 3.98. The number of nitrogens with zero attached hydrogens (tertiary/aromatic N) is 2. The maximum absolute atomic E-state index is 13.2. The van der Waals surface area contributed by atoms with Crippen molar-refractivity contribution < 1.29 is 32.6 Å². The maximum Gasteiger partial charge on any atom is 0.308 e. The van der Waals surface area contributed by atoms with Gasteiger partial charge in [0, 0.05) is 44.7 Å². The predicted octanol–water partition coefficient (Wildman–Crippen LogP) is 0.411. The van der Waals surface area contributed by atoms with Crippen LogP contribution >= 0.6 is 0 Å². The van der Waals surface area contributed by atoms with Crippen LogP contribution in [0.2, 0.25) is 0 Å². The van der Waals surface area contributed by atoms with Crippen molar-refractivity contribution >= 4 is 21.9 Å². The monoisotopic (exact) mass is 512 g/mol. The van der Waals surface area contributed by atoms with Crippen LogP contribution in [0, 0.1) is 5.92 Å². The van der Waals surface area contributed by atoms with Gasteiger partial charge < -0.3 is 25.2 Å². The Kier molecular flexibility index (Phi) is 9.34. The van der Waals surface area contributed by atoms with Crippen molar-refractivity contribution in [2.75, 3.05) is 52.3 Å². The number of ether oxygens (including phenoxy) is 2. The molecule has 1 amide bonds. The molecule has 1 aromatic carbocycles. The summed E-state index contributed by atoms with van der Waals surface area (Å²) in [5, 5.41) is 10.2. The molecule has 1 aromatic rings. The summed E-state index contributed by atoms with van der Waals surface area (Å²) in [7, 11) is -3.43. The molecule has 0 aliphatic carbocycles. The van der Waals surface area contributed by atoms with Gasteiger partial charge in [-0.15, -0.1) is 0 Å². The largest absolute Gasteiger partial charge is 0.481 e. The van der Waals surface area contributed by atoms with E-state index in [2.05, 4.69) is 4.72 Å². The summed E-state index contributed by atoms with van der Waals surface area (Å²) in [5.41, 5.74) is 6.49. The van der Waals surface area contributed by atoms with E-state index in [9.17, 15) is 23.1 Å². The number of likely N-dealkylation sites (tertiary alicyclic amines) is 1. The molecule has 11 nitrogen and oxygen atoms in total. The minimum Gasteiger partial charge on any atom is -0.481 e. The number of rotatable bonds is 13. The Morgan fingerprint density at radius 1 is 1.26 bits per heavy atom. The van der Waals surface area contributed by atoms with E-state index in [-0.39, 0.29) is 32.2 Å². The minimum absolute atomic E-state index is 0.0398. The van der Waals surface area contributed by atoms with Gasteiger partial charge in [-0.05, 0) is 30.5 Å². The van der Waals surface area contributed by atoms with Gasteiger partial charge in [-0.3, -0.25) is 14.5 Å². The summed E-state index contributed by atoms with van der Waals surface area (Å²) in [6.07, 6.45) is 3.10. The third-order valence-electron chi connectivity index (χ3n) is 6.53. The number of benzene rings is 1. The summed E-state index contributed by atoms with van der Waals surface area (Å²) in [6, 6.07) is 4.85. The second-order valence-corrected chi connectivity index (χ2v) is 10.9. The van der Waals surface area contributed by atoms with Crippen LogP contribution in [-0.4, -0.2) is 93.6 Å². The summed E-state index contributed by atoms with van der Waals surface area (Å²) < 4.78 is 36.5. The van der Waals surface area contributed by atoms with E-state index >= 15 is 0 Å². The molecule has 0 unspecified atom stereocenters. The van der Waals surface area contributed by atoms with Crippen LogP contribution in [0.25, 0.3) is 0 Å². The van der Waals surface area contributed by atoms with E-state index in [1.54, 1.807) is 17.0 Å². The van der Waals surface area contributed by atoms with Crippen LogP contribution < -0.4 is 19.9 Å². The molecule has 0 spiro atoms. The molecular weight excluding hydrogens is 476 g/mol. The van der Waals surface area contributed by atoms with Crippen molar-refractivity contribution in [2.45, 2.75) is 38.1 Å². The Bertz CT molecular complexity index is 1000. The number of nitrogens with two attached hydrogens (primary N) is 1. The van der Waals surface area contributed by atoms with Gasteiger partial charge >= 0.3 is 5.97 Å². The predicted molar refractivity (Wildman–Crippen MR) is 130 cm³/mol. The van der Waals surface area contributed by atoms with Crippen molar-refractivity contribution in [1.29, 1.82) is 0 Å². The van der Waals surface area contributed by atoms with E-state index < -0.39 is 33.9 Å². The highest BCUT2D eigenvalue weighted by Crippen LogP contribution is 2.42. The third kappa shape index (κ3) is 7.06. The van der Waals surface area contributed by atoms with Crippen molar-refractivity contribution in [3.63, 3.8) is 0 Å². The molecule has 12 heteroatoms. The van der Waals surface area contributed by atoms with Crippen LogP contribution in [0.5, 0.6) is 11.5 Å². The number of fused-ring (bicyclic) bond motifs is 1. The number of amides is 1. The summed E-state index contributed by atoms with van der Waals surface area (Å²) in [5.74, 6) is -1.17. The number of sulfonamides is 1. The molecule has 0 bridgehead atoms. The Labute approximate surface area is 206 Å². The van der Waals surface area contributed by atoms with Crippen molar-refractivity contribution in [3.05, 3.63) is 23.8 Å². The number of hydrogen-bond acceptors (Lipinski definition) is 8. The lowest BCUT2D eigenvalue weighted by molar-refractivity contribution is -0.143. The van der Waals surface area contributed by atoms with Crippen molar-refractivity contribution in [3.8, 4) is 11.5 Å². The molecule has 3 atom stereocenters. The quantitative estimate of drug-likeness (QED) is 0.341. The zero-order chi connectivity index (χ0) is 25.6. The molecule has 2 aliphatic rings. The number of nitrogens with one attached hydrogen (secondary N) is 1. The lowest BCUT2D eigenvalue weighted by Crippen LogP contribution is -2.46. The normalized spacial score (nSPS) is 21.9. The van der Waals surface area contributed by atoms with Gasteiger partial charge in [0.05, 0.1) is 18.7 Å². The molecule has 0 saturated carbocycles. The number of aliphatic carboxylic acids is 1. The number of unbranched alkanes of at least 4 members (excludes halogenated alkanes) is 1. The van der Waals surface area contributed by atoms with Gasteiger partial charge in [-0.2, -0.15) is 0 Å². The van der Waals surface area contributed by atoms with Gasteiger partial charge in [0.1, 0.15) is 0 Å². The Balaban J connectivity index is 1.86. The molecule has 1 saturated heterocycles. The average molecular weight is 513 g/mol. The van der Waals surface area contributed by atoms with Crippen molar-refractivity contribution in [1.82, 2.24) is 14.5 Å². The van der Waals surface area contributed by atoms with Gasteiger partial charge in [0.15, 0.2) is 11.5 Å². The number of carbonyl (C=O) groups excluding carboxylic acids is 1. The van der Waals surface area contributed by atoms with E-state index in [0.717, 1.165) is 24.7 Å². The number of hydrogen-bond donors (Lipinski definition) is 3. The van der Waals surface area contributed by atoms with Gasteiger partial charge in [-0.1, -0.05) is 19.4 Å². The molecule has 0 radical (unpaired) electrons. The van der Waals surface area contributed by atoms with E-state index in [4.69, 9.17) is 15.2 Å². The van der Waals surface area contributed by atoms with E-state index in [1.165, 1.54) is 0 Å². The molecular formula is C23H36N4O7S. The molecule has 2 aliphatic heterocycles.